The summed E-state index contributed by atoms with van der Waals surface area (Å²) in [6.45, 7) is 12.0. The minimum absolute atomic E-state index is 0.375. The lowest BCUT2D eigenvalue weighted by Crippen LogP contribution is -2.48. The highest BCUT2D eigenvalue weighted by molar-refractivity contribution is 4.81. The number of rotatable bonds is 6. The Labute approximate surface area is 106 Å². The van der Waals surface area contributed by atoms with Gasteiger partial charge in [-0.2, -0.15) is 0 Å². The van der Waals surface area contributed by atoms with Gasteiger partial charge in [0.25, 0.3) is 0 Å². The highest BCUT2D eigenvalue weighted by Crippen LogP contribution is 2.29. The fourth-order valence-corrected chi connectivity index (χ4v) is 2.53. The summed E-state index contributed by atoms with van der Waals surface area (Å²) in [5.41, 5.74) is 6.10. The molecule has 2 N–H and O–H groups in total. The number of nitrogens with zero attached hydrogens (tertiary/aromatic N) is 2. The van der Waals surface area contributed by atoms with Gasteiger partial charge in [0.2, 0.25) is 0 Å². The Balaban J connectivity index is 1.58. The SMILES string of the molecule is CC(C)C(N)CCN1CCN(CC2CC2)CC1. The number of hydrogen-bond acceptors (Lipinski definition) is 3. The van der Waals surface area contributed by atoms with Gasteiger partial charge in [-0.3, -0.25) is 0 Å². The molecule has 17 heavy (non-hydrogen) atoms. The molecule has 0 spiro atoms. The normalized spacial score (nSPS) is 25.4. The van der Waals surface area contributed by atoms with Crippen LogP contribution in [0.15, 0.2) is 0 Å². The van der Waals surface area contributed by atoms with Crippen LogP contribution in [0.5, 0.6) is 0 Å². The molecule has 2 rings (SSSR count). The molecule has 0 aromatic carbocycles. The lowest BCUT2D eigenvalue weighted by atomic mass is 10.0. The molecule has 0 amide bonds. The minimum Gasteiger partial charge on any atom is -0.327 e. The van der Waals surface area contributed by atoms with Crippen LogP contribution in [0.3, 0.4) is 0 Å². The first-order valence-electron chi connectivity index (χ1n) is 7.35. The van der Waals surface area contributed by atoms with E-state index >= 15 is 0 Å². The Hall–Kier alpha value is -0.120. The van der Waals surface area contributed by atoms with Gasteiger partial charge in [0, 0.05) is 38.8 Å². The van der Waals surface area contributed by atoms with Gasteiger partial charge in [-0.05, 0) is 37.6 Å². The molecule has 0 aromatic heterocycles. The third kappa shape index (κ3) is 4.57. The van der Waals surface area contributed by atoms with E-state index in [0.717, 1.165) is 12.3 Å². The number of piperazine rings is 1. The zero-order valence-corrected chi connectivity index (χ0v) is 11.6. The molecule has 100 valence electrons. The van der Waals surface area contributed by atoms with Crippen LogP contribution in [-0.2, 0) is 0 Å². The third-order valence-electron chi connectivity index (χ3n) is 4.31. The summed E-state index contributed by atoms with van der Waals surface area (Å²) in [5.74, 6) is 1.65. The van der Waals surface area contributed by atoms with Crippen molar-refractivity contribution in [1.82, 2.24) is 9.80 Å². The predicted octanol–water partition coefficient (Wildman–Crippen LogP) is 1.39. The van der Waals surface area contributed by atoms with Gasteiger partial charge < -0.3 is 15.5 Å². The van der Waals surface area contributed by atoms with E-state index in [2.05, 4.69) is 23.6 Å². The van der Waals surface area contributed by atoms with Crippen LogP contribution in [0.1, 0.15) is 33.1 Å². The first-order valence-corrected chi connectivity index (χ1v) is 7.35. The van der Waals surface area contributed by atoms with Crippen molar-refractivity contribution in [3.05, 3.63) is 0 Å². The second-order valence-electron chi connectivity index (χ2n) is 6.28. The largest absolute Gasteiger partial charge is 0.327 e. The molecule has 3 heteroatoms. The van der Waals surface area contributed by atoms with Crippen molar-refractivity contribution in [2.24, 2.45) is 17.6 Å². The molecule has 1 saturated heterocycles. The lowest BCUT2D eigenvalue weighted by molar-refractivity contribution is 0.124. The summed E-state index contributed by atoms with van der Waals surface area (Å²) in [6, 6.07) is 0.375. The van der Waals surface area contributed by atoms with Gasteiger partial charge in [0.05, 0.1) is 0 Å². The Morgan fingerprint density at radius 3 is 2.18 bits per heavy atom. The van der Waals surface area contributed by atoms with Crippen molar-refractivity contribution in [3.8, 4) is 0 Å². The highest BCUT2D eigenvalue weighted by atomic mass is 15.3. The average molecular weight is 239 g/mol. The van der Waals surface area contributed by atoms with Crippen LogP contribution < -0.4 is 5.73 Å². The van der Waals surface area contributed by atoms with Crippen LogP contribution in [-0.4, -0.2) is 55.1 Å². The third-order valence-corrected chi connectivity index (χ3v) is 4.31. The van der Waals surface area contributed by atoms with Crippen LogP contribution in [0.4, 0.5) is 0 Å². The lowest BCUT2D eigenvalue weighted by Gasteiger charge is -2.35. The first kappa shape index (κ1) is 13.3. The van der Waals surface area contributed by atoms with Crippen molar-refractivity contribution < 1.29 is 0 Å². The highest BCUT2D eigenvalue weighted by Gasteiger charge is 2.26. The van der Waals surface area contributed by atoms with Crippen molar-refractivity contribution in [3.63, 3.8) is 0 Å². The monoisotopic (exact) mass is 239 g/mol. The van der Waals surface area contributed by atoms with Crippen molar-refractivity contribution in [1.29, 1.82) is 0 Å². The van der Waals surface area contributed by atoms with E-state index in [9.17, 15) is 0 Å². The van der Waals surface area contributed by atoms with E-state index < -0.39 is 0 Å². The van der Waals surface area contributed by atoms with Crippen molar-refractivity contribution >= 4 is 0 Å². The van der Waals surface area contributed by atoms with Crippen LogP contribution in [0, 0.1) is 11.8 Å². The molecule has 0 radical (unpaired) electrons. The predicted molar refractivity (Wildman–Crippen MR) is 73.0 cm³/mol. The summed E-state index contributed by atoms with van der Waals surface area (Å²) in [6.07, 6.45) is 4.10. The first-order chi connectivity index (χ1) is 8.15. The molecule has 0 bridgehead atoms. The molecule has 0 aromatic rings. The quantitative estimate of drug-likeness (QED) is 0.760. The molecule has 1 saturated carbocycles. The van der Waals surface area contributed by atoms with Crippen LogP contribution >= 0.6 is 0 Å². The maximum Gasteiger partial charge on any atom is 0.0110 e. The molecule has 1 atom stereocenters. The van der Waals surface area contributed by atoms with Gasteiger partial charge in [0.1, 0.15) is 0 Å². The smallest absolute Gasteiger partial charge is 0.0110 e. The van der Waals surface area contributed by atoms with Crippen LogP contribution in [0.2, 0.25) is 0 Å². The van der Waals surface area contributed by atoms with E-state index in [-0.39, 0.29) is 0 Å². The van der Waals surface area contributed by atoms with E-state index in [1.165, 1.54) is 52.1 Å². The topological polar surface area (TPSA) is 32.5 Å². The summed E-state index contributed by atoms with van der Waals surface area (Å²) in [7, 11) is 0. The van der Waals surface area contributed by atoms with Gasteiger partial charge in [0.15, 0.2) is 0 Å². The summed E-state index contributed by atoms with van der Waals surface area (Å²) in [4.78, 5) is 5.24. The molecule has 1 aliphatic carbocycles. The number of nitrogens with two attached hydrogens (primary N) is 1. The Kier molecular flexibility index (Phi) is 4.83. The minimum atomic E-state index is 0.375. The summed E-state index contributed by atoms with van der Waals surface area (Å²) < 4.78 is 0. The zero-order valence-electron chi connectivity index (χ0n) is 11.6. The van der Waals surface area contributed by atoms with Gasteiger partial charge in [-0.25, -0.2) is 0 Å². The van der Waals surface area contributed by atoms with E-state index in [1.54, 1.807) is 0 Å². The maximum absolute atomic E-state index is 6.10. The van der Waals surface area contributed by atoms with Crippen LogP contribution in [0.25, 0.3) is 0 Å². The van der Waals surface area contributed by atoms with E-state index in [1.807, 2.05) is 0 Å². The summed E-state index contributed by atoms with van der Waals surface area (Å²) in [5, 5.41) is 0. The van der Waals surface area contributed by atoms with Crippen molar-refractivity contribution in [2.75, 3.05) is 39.3 Å². The van der Waals surface area contributed by atoms with Gasteiger partial charge in [-0.1, -0.05) is 13.8 Å². The fourth-order valence-electron chi connectivity index (χ4n) is 2.53. The second-order valence-corrected chi connectivity index (χ2v) is 6.28. The fraction of sp³-hybridized carbons (Fsp3) is 1.00. The van der Waals surface area contributed by atoms with E-state index in [0.29, 0.717) is 12.0 Å². The van der Waals surface area contributed by atoms with Gasteiger partial charge in [-0.15, -0.1) is 0 Å². The standard InChI is InChI=1S/C14H29N3/c1-12(2)14(15)5-6-16-7-9-17(10-8-16)11-13-3-4-13/h12-14H,3-11,15H2,1-2H3. The molecule has 2 fully saturated rings. The molecule has 1 unspecified atom stereocenters. The Morgan fingerprint density at radius 1 is 1.06 bits per heavy atom. The van der Waals surface area contributed by atoms with Crippen molar-refractivity contribution in [2.45, 2.75) is 39.2 Å². The average Bonchev–Trinajstić information content (AvgIpc) is 3.11. The number of hydrogen-bond donors (Lipinski definition) is 1. The van der Waals surface area contributed by atoms with Gasteiger partial charge >= 0.3 is 0 Å². The zero-order chi connectivity index (χ0) is 12.3. The Morgan fingerprint density at radius 2 is 1.65 bits per heavy atom. The Bertz CT molecular complexity index is 218. The second kappa shape index (κ2) is 6.17. The maximum atomic E-state index is 6.10. The molecule has 3 nitrogen and oxygen atoms in total. The molecule has 2 aliphatic rings. The molecule has 1 heterocycles. The molecular weight excluding hydrogens is 210 g/mol. The van der Waals surface area contributed by atoms with E-state index in [4.69, 9.17) is 5.73 Å². The molecular formula is C14H29N3. The molecule has 1 aliphatic heterocycles. The summed E-state index contributed by atoms with van der Waals surface area (Å²) >= 11 is 0.